The van der Waals surface area contributed by atoms with E-state index in [1.54, 1.807) is 18.1 Å². The molecule has 1 aromatic carbocycles. The van der Waals surface area contributed by atoms with Crippen molar-refractivity contribution in [2.75, 3.05) is 46.5 Å². The molecule has 12 nitrogen and oxygen atoms in total. The molecule has 0 spiro atoms. The number of benzene rings is 1. The first-order chi connectivity index (χ1) is 18.0. The molecular formula is C26H38N2O10. The third-order valence-corrected chi connectivity index (χ3v) is 6.23. The molecule has 3 rings (SSSR count). The molecular weight excluding hydrogens is 500 g/mol. The largest absolute Gasteiger partial charge is 0.493 e. The van der Waals surface area contributed by atoms with Gasteiger partial charge in [0.25, 0.3) is 0 Å². The predicted octanol–water partition coefficient (Wildman–Crippen LogP) is 0.696. The number of piperidine rings is 1. The molecule has 1 amide bonds. The van der Waals surface area contributed by atoms with Gasteiger partial charge in [-0.1, -0.05) is 6.07 Å². The van der Waals surface area contributed by atoms with Gasteiger partial charge in [0.1, 0.15) is 6.10 Å². The van der Waals surface area contributed by atoms with Crippen LogP contribution in [0.3, 0.4) is 0 Å². The normalized spacial score (nSPS) is 18.4. The zero-order chi connectivity index (χ0) is 28.2. The lowest BCUT2D eigenvalue weighted by Crippen LogP contribution is -2.41. The number of likely N-dealkylation sites (tertiary alicyclic amines) is 1. The molecule has 0 saturated carbocycles. The van der Waals surface area contributed by atoms with Crippen LogP contribution in [0.2, 0.25) is 0 Å². The highest BCUT2D eigenvalue weighted by Gasteiger charge is 2.29. The van der Waals surface area contributed by atoms with Gasteiger partial charge >= 0.3 is 11.9 Å². The van der Waals surface area contributed by atoms with Crippen LogP contribution in [0.5, 0.6) is 11.5 Å². The summed E-state index contributed by atoms with van der Waals surface area (Å²) in [5.74, 6) is -2.06. The number of rotatable bonds is 9. The van der Waals surface area contributed by atoms with Crippen molar-refractivity contribution in [3.8, 4) is 11.5 Å². The van der Waals surface area contributed by atoms with Gasteiger partial charge in [0.2, 0.25) is 5.91 Å². The van der Waals surface area contributed by atoms with Gasteiger partial charge in [-0.05, 0) is 50.5 Å². The molecule has 0 bridgehead atoms. The fourth-order valence-electron chi connectivity index (χ4n) is 3.90. The molecule has 4 N–H and O–H groups in total. The van der Waals surface area contributed by atoms with Crippen LogP contribution < -0.4 is 9.47 Å². The van der Waals surface area contributed by atoms with Gasteiger partial charge in [-0.3, -0.25) is 4.79 Å². The molecule has 2 fully saturated rings. The number of carbonyl (C=O) groups is 3. The number of hydrogen-bond donors (Lipinski definition) is 4. The maximum atomic E-state index is 12.3. The third-order valence-electron chi connectivity index (χ3n) is 6.23. The number of nitrogens with zero attached hydrogens (tertiary/aromatic N) is 2. The zero-order valence-corrected chi connectivity index (χ0v) is 22.0. The lowest BCUT2D eigenvalue weighted by Gasteiger charge is -2.34. The lowest BCUT2D eigenvalue weighted by atomic mass is 10.1. The van der Waals surface area contributed by atoms with E-state index in [9.17, 15) is 14.4 Å². The molecule has 212 valence electrons. The molecule has 2 atom stereocenters. The van der Waals surface area contributed by atoms with Crippen molar-refractivity contribution >= 4 is 23.9 Å². The Hall–Kier alpha value is -3.19. The lowest BCUT2D eigenvalue weighted by molar-refractivity contribution is -0.165. The summed E-state index contributed by atoms with van der Waals surface area (Å²) >= 11 is 0. The van der Waals surface area contributed by atoms with Crippen LogP contribution in [0.15, 0.2) is 24.3 Å². The minimum absolute atomic E-state index is 0.0134. The second-order valence-electron chi connectivity index (χ2n) is 9.19. The van der Waals surface area contributed by atoms with E-state index in [0.717, 1.165) is 37.2 Å². The number of aliphatic hydroxyl groups excluding tert-OH is 2. The second-order valence-corrected chi connectivity index (χ2v) is 9.19. The Morgan fingerprint density at radius 2 is 1.55 bits per heavy atom. The monoisotopic (exact) mass is 538 g/mol. The fraction of sp³-hybridized carbons (Fsp3) is 0.577. The quantitative estimate of drug-likeness (QED) is 0.327. The average molecular weight is 539 g/mol. The number of morpholine rings is 1. The van der Waals surface area contributed by atoms with Gasteiger partial charge in [-0.15, -0.1) is 0 Å². The Morgan fingerprint density at radius 3 is 2.05 bits per heavy atom. The van der Waals surface area contributed by atoms with E-state index in [0.29, 0.717) is 38.1 Å². The maximum absolute atomic E-state index is 12.3. The number of ether oxygens (including phenoxy) is 3. The average Bonchev–Trinajstić information content (AvgIpc) is 2.92. The van der Waals surface area contributed by atoms with Crippen LogP contribution in [-0.2, 0) is 19.1 Å². The molecule has 0 radical (unpaired) electrons. The van der Waals surface area contributed by atoms with Gasteiger partial charge in [0.05, 0.1) is 20.3 Å². The zero-order valence-electron chi connectivity index (χ0n) is 22.0. The highest BCUT2D eigenvalue weighted by atomic mass is 16.5. The molecule has 0 aliphatic carbocycles. The molecule has 12 heteroatoms. The van der Waals surface area contributed by atoms with E-state index >= 15 is 0 Å². The third kappa shape index (κ3) is 9.60. The summed E-state index contributed by atoms with van der Waals surface area (Å²) in [6.45, 7) is 9.11. The first kappa shape index (κ1) is 31.0. The van der Waals surface area contributed by atoms with Gasteiger partial charge in [-0.25, -0.2) is 9.59 Å². The number of carboxylic acids is 2. The summed E-state index contributed by atoms with van der Waals surface area (Å²) in [5.41, 5.74) is 0.917. The summed E-state index contributed by atoms with van der Waals surface area (Å²) < 4.78 is 17.0. The minimum Gasteiger partial charge on any atom is -0.493 e. The van der Waals surface area contributed by atoms with Crippen molar-refractivity contribution in [2.45, 2.75) is 51.0 Å². The summed E-state index contributed by atoms with van der Waals surface area (Å²) in [6.07, 6.45) is 1.17. The number of methoxy groups -OCH3 is 1. The van der Waals surface area contributed by atoms with E-state index in [-0.39, 0.29) is 12.0 Å². The smallest absolute Gasteiger partial charge is 0.335 e. The Labute approximate surface area is 222 Å². The van der Waals surface area contributed by atoms with Crippen molar-refractivity contribution in [2.24, 2.45) is 0 Å². The molecule has 1 aromatic rings. The van der Waals surface area contributed by atoms with E-state index in [1.807, 2.05) is 24.3 Å². The topological polar surface area (TPSA) is 166 Å². The van der Waals surface area contributed by atoms with Crippen LogP contribution in [-0.4, -0.2) is 119 Å². The van der Waals surface area contributed by atoms with E-state index in [1.165, 1.54) is 0 Å². The maximum Gasteiger partial charge on any atom is 0.335 e. The van der Waals surface area contributed by atoms with E-state index in [2.05, 4.69) is 18.7 Å². The molecule has 2 heterocycles. The molecule has 2 saturated heterocycles. The van der Waals surface area contributed by atoms with Gasteiger partial charge in [0, 0.05) is 38.3 Å². The van der Waals surface area contributed by atoms with Gasteiger partial charge in [-0.2, -0.15) is 0 Å². The summed E-state index contributed by atoms with van der Waals surface area (Å²) in [7, 11) is 1.65. The Morgan fingerprint density at radius 1 is 0.974 bits per heavy atom. The van der Waals surface area contributed by atoms with Crippen molar-refractivity contribution < 1.29 is 49.0 Å². The predicted molar refractivity (Wildman–Crippen MR) is 137 cm³/mol. The Balaban J connectivity index is 0.000000432. The molecule has 2 aliphatic rings. The second kappa shape index (κ2) is 15.3. The summed E-state index contributed by atoms with van der Waals surface area (Å²) in [6, 6.07) is 6.40. The number of aliphatic hydroxyl groups is 2. The number of aliphatic carboxylic acids is 2. The van der Waals surface area contributed by atoms with E-state index < -0.39 is 24.1 Å². The van der Waals surface area contributed by atoms with Crippen molar-refractivity contribution in [1.29, 1.82) is 0 Å². The summed E-state index contributed by atoms with van der Waals surface area (Å²) in [5, 5.41) is 32.5. The van der Waals surface area contributed by atoms with Crippen LogP contribution in [0.1, 0.15) is 32.3 Å². The van der Waals surface area contributed by atoms with Crippen molar-refractivity contribution in [1.82, 2.24) is 9.80 Å². The minimum atomic E-state index is -2.27. The highest BCUT2D eigenvalue weighted by molar-refractivity contribution is 5.92. The molecule has 0 aromatic heterocycles. The van der Waals surface area contributed by atoms with Crippen LogP contribution >= 0.6 is 0 Å². The standard InChI is InChI=1S/C22H32N2O4.C4H6O6/c1-17(2)23-10-8-19(9-11-23)28-20-6-4-18(16-21(20)26-3)5-7-22(25)24-12-14-27-15-13-24;5-1(3(7)8)2(6)4(9)10/h4-7,16-17,19H,8-15H2,1-3H3;1-2,5-6H,(H,7,8)(H,9,10)/b7-5+;/t;1-,2-/m.1/s1. The SMILES string of the molecule is COc1cc(/C=C/C(=O)N2CCOCC2)ccc1OC1CCN(C(C)C)CC1.O=C(O)[C@H](O)[C@@H](O)C(=O)O. The Kier molecular flexibility index (Phi) is 12.5. The number of carbonyl (C=O) groups excluding carboxylic acids is 1. The number of amides is 1. The highest BCUT2D eigenvalue weighted by Crippen LogP contribution is 2.31. The first-order valence-corrected chi connectivity index (χ1v) is 12.5. The fourth-order valence-corrected chi connectivity index (χ4v) is 3.90. The van der Waals surface area contributed by atoms with Crippen LogP contribution in [0.25, 0.3) is 6.08 Å². The van der Waals surface area contributed by atoms with Crippen LogP contribution in [0.4, 0.5) is 0 Å². The van der Waals surface area contributed by atoms with Gasteiger partial charge < -0.3 is 44.4 Å². The van der Waals surface area contributed by atoms with Crippen molar-refractivity contribution in [3.05, 3.63) is 29.8 Å². The first-order valence-electron chi connectivity index (χ1n) is 12.5. The summed E-state index contributed by atoms with van der Waals surface area (Å²) in [4.78, 5) is 36.1. The van der Waals surface area contributed by atoms with Gasteiger partial charge in [0.15, 0.2) is 23.7 Å². The van der Waals surface area contributed by atoms with E-state index in [4.69, 9.17) is 34.6 Å². The van der Waals surface area contributed by atoms with Crippen LogP contribution in [0, 0.1) is 0 Å². The number of hydrogen-bond acceptors (Lipinski definition) is 9. The molecule has 0 unspecified atom stereocenters. The molecule has 2 aliphatic heterocycles. The van der Waals surface area contributed by atoms with Crippen molar-refractivity contribution in [3.63, 3.8) is 0 Å². The Bertz CT molecular complexity index is 935. The molecule has 38 heavy (non-hydrogen) atoms. The number of carboxylic acid groups (broad SMARTS) is 2.